The van der Waals surface area contributed by atoms with Crippen molar-refractivity contribution in [1.82, 2.24) is 15.5 Å². The summed E-state index contributed by atoms with van der Waals surface area (Å²) < 4.78 is 53.1. The van der Waals surface area contributed by atoms with Gasteiger partial charge in [0.05, 0.1) is 12.2 Å². The third-order valence-electron chi connectivity index (χ3n) is 8.60. The van der Waals surface area contributed by atoms with E-state index < -0.39 is 24.7 Å². The number of ether oxygens (including phenoxy) is 2. The lowest BCUT2D eigenvalue weighted by molar-refractivity contribution is -0.352. The lowest BCUT2D eigenvalue weighted by Gasteiger charge is -2.52. The number of halogens is 4. The fourth-order valence-electron chi connectivity index (χ4n) is 6.28. The van der Waals surface area contributed by atoms with Gasteiger partial charge in [0.1, 0.15) is 5.75 Å². The highest BCUT2D eigenvalue weighted by molar-refractivity contribution is 6.30. The minimum Gasteiger partial charge on any atom is -0.480 e. The van der Waals surface area contributed by atoms with Gasteiger partial charge in [0.25, 0.3) is 5.91 Å². The number of amides is 1. The topological polar surface area (TPSA) is 107 Å². The van der Waals surface area contributed by atoms with Crippen molar-refractivity contribution >= 4 is 17.5 Å². The number of rotatable bonds is 5. The number of carbonyl (C=O) groups is 1. The Morgan fingerprint density at radius 2 is 1.81 bits per heavy atom. The monoisotopic (exact) mass is 541 g/mol. The van der Waals surface area contributed by atoms with Crippen LogP contribution in [0.2, 0.25) is 5.02 Å². The fraction of sp³-hybridized carbons (Fsp3) is 0.640. The van der Waals surface area contributed by atoms with E-state index in [2.05, 4.69) is 20.3 Å². The van der Waals surface area contributed by atoms with E-state index in [1.807, 2.05) is 0 Å². The molecule has 2 bridgehead atoms. The summed E-state index contributed by atoms with van der Waals surface area (Å²) in [6.07, 6.45) is -2.07. The summed E-state index contributed by atoms with van der Waals surface area (Å²) >= 11 is 6.02. The van der Waals surface area contributed by atoms with E-state index >= 15 is 0 Å². The number of aliphatic hydroxyl groups excluding tert-OH is 1. The first-order chi connectivity index (χ1) is 17.5. The van der Waals surface area contributed by atoms with Crippen LogP contribution < -0.4 is 10.1 Å². The van der Waals surface area contributed by atoms with E-state index in [0.29, 0.717) is 28.1 Å². The maximum Gasteiger partial charge on any atom is 0.522 e. The van der Waals surface area contributed by atoms with Gasteiger partial charge in [-0.3, -0.25) is 9.53 Å². The van der Waals surface area contributed by atoms with E-state index in [4.69, 9.17) is 20.8 Å². The number of nitrogens with zero attached hydrogens (tertiary/aromatic N) is 2. The summed E-state index contributed by atoms with van der Waals surface area (Å²) in [6.45, 7) is 0. The van der Waals surface area contributed by atoms with Gasteiger partial charge in [-0.1, -0.05) is 11.6 Å². The molecule has 4 saturated carbocycles. The molecular formula is C25H27ClF3N3O5. The summed E-state index contributed by atoms with van der Waals surface area (Å²) in [5.41, 5.74) is -0.0510. The number of nitrogens with one attached hydrogen (secondary N) is 1. The lowest BCUT2D eigenvalue weighted by Crippen LogP contribution is -2.60. The van der Waals surface area contributed by atoms with E-state index in [1.54, 1.807) is 18.2 Å². The Bertz CT molecular complexity index is 1170. The molecule has 8 nitrogen and oxygen atoms in total. The van der Waals surface area contributed by atoms with Crippen LogP contribution in [-0.4, -0.2) is 45.3 Å². The molecular weight excluding hydrogens is 515 g/mol. The summed E-state index contributed by atoms with van der Waals surface area (Å²) in [4.78, 5) is 13.2. The molecule has 2 aromatic rings. The molecule has 12 heteroatoms. The van der Waals surface area contributed by atoms with Crippen molar-refractivity contribution in [2.45, 2.75) is 99.3 Å². The zero-order chi connectivity index (χ0) is 26.0. The van der Waals surface area contributed by atoms with Gasteiger partial charge in [0.2, 0.25) is 11.8 Å². The molecule has 4 fully saturated rings. The van der Waals surface area contributed by atoms with Crippen LogP contribution in [0.1, 0.15) is 87.2 Å². The van der Waals surface area contributed by atoms with Crippen LogP contribution in [0.15, 0.2) is 22.6 Å². The molecule has 2 heterocycles. The zero-order valence-corrected chi connectivity index (χ0v) is 20.6. The van der Waals surface area contributed by atoms with Gasteiger partial charge < -0.3 is 19.6 Å². The first-order valence-corrected chi connectivity index (χ1v) is 13.0. The second-order valence-corrected chi connectivity index (χ2v) is 11.3. The van der Waals surface area contributed by atoms with Crippen molar-refractivity contribution in [3.05, 3.63) is 40.6 Å². The number of aromatic nitrogens is 2. The first-order valence-electron chi connectivity index (χ1n) is 12.6. The van der Waals surface area contributed by atoms with Crippen molar-refractivity contribution < 1.29 is 37.0 Å². The minimum absolute atomic E-state index is 0.153. The molecule has 5 aliphatic rings. The maximum absolute atomic E-state index is 13.2. The van der Waals surface area contributed by atoms with Gasteiger partial charge in [-0.2, -0.15) is 0 Å². The Morgan fingerprint density at radius 3 is 2.49 bits per heavy atom. The number of hydrogen-bond acceptors (Lipinski definition) is 7. The van der Waals surface area contributed by atoms with Crippen LogP contribution >= 0.6 is 11.6 Å². The van der Waals surface area contributed by atoms with E-state index in [-0.39, 0.29) is 42.0 Å². The average molecular weight is 542 g/mol. The first kappa shape index (κ1) is 24.9. The van der Waals surface area contributed by atoms with Crippen LogP contribution in [0.25, 0.3) is 0 Å². The highest BCUT2D eigenvalue weighted by atomic mass is 35.5. The van der Waals surface area contributed by atoms with E-state index in [9.17, 15) is 23.1 Å². The Labute approximate surface area is 215 Å². The molecule has 1 aromatic heterocycles. The number of carbonyl (C=O) groups excluding carboxylic acids is 1. The zero-order valence-electron chi connectivity index (χ0n) is 19.9. The molecule has 7 rings (SSSR count). The molecule has 0 unspecified atom stereocenters. The molecule has 37 heavy (non-hydrogen) atoms. The SMILES string of the molecule is O=C(NC12CCC(c3nnc(C4CC(OC(F)(F)F)C4)o3)(CC1)CC2)[C@H]1C[C@@H](O)c2cc(Cl)ccc2O1. The molecule has 200 valence electrons. The molecule has 0 radical (unpaired) electrons. The van der Waals surface area contributed by atoms with E-state index in [1.165, 1.54) is 0 Å². The van der Waals surface area contributed by atoms with Gasteiger partial charge in [0, 0.05) is 33.9 Å². The summed E-state index contributed by atoms with van der Waals surface area (Å²) in [7, 11) is 0. The number of benzene rings is 1. The summed E-state index contributed by atoms with van der Waals surface area (Å²) in [6, 6.07) is 4.98. The van der Waals surface area contributed by atoms with Crippen molar-refractivity contribution in [3.63, 3.8) is 0 Å². The second kappa shape index (κ2) is 8.84. The normalized spacial score (nSPS) is 34.8. The summed E-state index contributed by atoms with van der Waals surface area (Å²) in [5.74, 6) is 0.910. The maximum atomic E-state index is 13.2. The minimum atomic E-state index is -4.64. The lowest BCUT2D eigenvalue weighted by atomic mass is 9.57. The van der Waals surface area contributed by atoms with Gasteiger partial charge in [-0.15, -0.1) is 23.4 Å². The quantitative estimate of drug-likeness (QED) is 0.557. The third-order valence-corrected chi connectivity index (χ3v) is 8.84. The van der Waals surface area contributed by atoms with Gasteiger partial charge in [0.15, 0.2) is 6.10 Å². The van der Waals surface area contributed by atoms with Crippen molar-refractivity contribution in [3.8, 4) is 5.75 Å². The predicted molar refractivity (Wildman–Crippen MR) is 123 cm³/mol. The van der Waals surface area contributed by atoms with Crippen molar-refractivity contribution in [1.29, 1.82) is 0 Å². The molecule has 1 aromatic carbocycles. The van der Waals surface area contributed by atoms with Crippen molar-refractivity contribution in [2.24, 2.45) is 0 Å². The van der Waals surface area contributed by atoms with E-state index in [0.717, 1.165) is 38.5 Å². The molecule has 0 saturated heterocycles. The number of aliphatic hydroxyl groups is 1. The number of hydrogen-bond donors (Lipinski definition) is 2. The highest BCUT2D eigenvalue weighted by Gasteiger charge is 2.53. The van der Waals surface area contributed by atoms with Crippen LogP contribution in [0.4, 0.5) is 13.2 Å². The molecule has 2 N–H and O–H groups in total. The molecule has 4 aliphatic carbocycles. The predicted octanol–water partition coefficient (Wildman–Crippen LogP) is 4.85. The van der Waals surface area contributed by atoms with Crippen LogP contribution in [0.5, 0.6) is 5.75 Å². The standard InChI is InChI=1S/C25H27ClF3N3O5/c26-14-1-2-18-16(11-14)17(33)12-19(35-18)20(34)30-24-6-3-23(4-7-24,5-8-24)22-32-31-21(36-22)13-9-15(10-13)37-25(27,28)29/h1-2,11,13,15,17,19,33H,3-10,12H2,(H,30,34)/t13?,15?,17-,19-,23?,24?/m1/s1. The highest BCUT2D eigenvalue weighted by Crippen LogP contribution is 2.54. The van der Waals surface area contributed by atoms with Crippen LogP contribution in [0.3, 0.4) is 0 Å². The molecule has 1 amide bonds. The second-order valence-electron chi connectivity index (χ2n) is 10.9. The molecule has 0 spiro atoms. The Balaban J connectivity index is 1.06. The largest absolute Gasteiger partial charge is 0.522 e. The summed E-state index contributed by atoms with van der Waals surface area (Å²) in [5, 5.41) is 22.7. The average Bonchev–Trinajstić information content (AvgIpc) is 3.32. The van der Waals surface area contributed by atoms with Gasteiger partial charge in [-0.05, 0) is 69.6 Å². The molecule has 2 atom stereocenters. The van der Waals surface area contributed by atoms with Gasteiger partial charge in [-0.25, -0.2) is 0 Å². The Morgan fingerprint density at radius 1 is 1.11 bits per heavy atom. The van der Waals surface area contributed by atoms with Crippen LogP contribution in [0, 0.1) is 0 Å². The Hall–Kier alpha value is -2.37. The number of alkyl halides is 3. The molecule has 1 aliphatic heterocycles. The van der Waals surface area contributed by atoms with Crippen LogP contribution in [-0.2, 0) is 14.9 Å². The smallest absolute Gasteiger partial charge is 0.480 e. The Kier molecular flexibility index (Phi) is 5.96. The van der Waals surface area contributed by atoms with Gasteiger partial charge >= 0.3 is 6.36 Å². The third kappa shape index (κ3) is 4.70. The fourth-order valence-corrected chi connectivity index (χ4v) is 6.46. The van der Waals surface area contributed by atoms with Crippen molar-refractivity contribution in [2.75, 3.05) is 0 Å². The number of fused-ring (bicyclic) bond motifs is 4.